The van der Waals surface area contributed by atoms with Gasteiger partial charge < -0.3 is 4.90 Å². The Bertz CT molecular complexity index is 811. The van der Waals surface area contributed by atoms with Gasteiger partial charge in [0.25, 0.3) is 0 Å². The van der Waals surface area contributed by atoms with E-state index in [0.29, 0.717) is 6.54 Å². The van der Waals surface area contributed by atoms with Gasteiger partial charge in [-0.1, -0.05) is 42.0 Å². The van der Waals surface area contributed by atoms with Crippen LogP contribution in [0.5, 0.6) is 0 Å². The summed E-state index contributed by atoms with van der Waals surface area (Å²) in [5.41, 5.74) is 3.18. The first kappa shape index (κ1) is 18.2. The van der Waals surface area contributed by atoms with Crippen LogP contribution in [-0.4, -0.2) is 32.0 Å². The Balaban J connectivity index is 1.97. The molecule has 4 nitrogen and oxygen atoms in total. The molecule has 0 heterocycles. The second kappa shape index (κ2) is 7.62. The molecule has 5 heteroatoms. The van der Waals surface area contributed by atoms with Crippen LogP contribution in [0.1, 0.15) is 23.1 Å². The molecule has 0 aliphatic rings. The van der Waals surface area contributed by atoms with Gasteiger partial charge >= 0.3 is 0 Å². The van der Waals surface area contributed by atoms with E-state index in [9.17, 15) is 13.2 Å². The highest BCUT2D eigenvalue weighted by Crippen LogP contribution is 2.14. The Morgan fingerprint density at radius 1 is 1.00 bits per heavy atom. The molecule has 0 unspecified atom stereocenters. The number of rotatable bonds is 6. The van der Waals surface area contributed by atoms with Gasteiger partial charge in [0.05, 0.1) is 10.6 Å². The van der Waals surface area contributed by atoms with E-state index in [2.05, 4.69) is 0 Å². The first-order valence-electron chi connectivity index (χ1n) is 7.87. The van der Waals surface area contributed by atoms with Crippen LogP contribution < -0.4 is 0 Å². The summed E-state index contributed by atoms with van der Waals surface area (Å²) in [6.45, 7) is 4.38. The maximum atomic E-state index is 12.3. The number of benzene rings is 2. The number of aryl methyl sites for hydroxylation is 2. The maximum Gasteiger partial charge on any atom is 0.223 e. The molecule has 2 rings (SSSR count). The van der Waals surface area contributed by atoms with Crippen molar-refractivity contribution in [1.82, 2.24) is 4.90 Å². The van der Waals surface area contributed by atoms with Gasteiger partial charge in [-0.3, -0.25) is 4.79 Å². The van der Waals surface area contributed by atoms with Crippen molar-refractivity contribution in [3.05, 3.63) is 65.2 Å². The molecule has 128 valence electrons. The predicted molar refractivity (Wildman–Crippen MR) is 95.5 cm³/mol. The van der Waals surface area contributed by atoms with Gasteiger partial charge in [-0.15, -0.1) is 0 Å². The number of carbonyl (C=O) groups is 1. The van der Waals surface area contributed by atoms with Gasteiger partial charge in [-0.05, 0) is 37.1 Å². The van der Waals surface area contributed by atoms with Crippen molar-refractivity contribution >= 4 is 15.7 Å². The average Bonchev–Trinajstić information content (AvgIpc) is 2.55. The van der Waals surface area contributed by atoms with E-state index in [1.165, 1.54) is 0 Å². The molecule has 0 saturated heterocycles. The molecule has 24 heavy (non-hydrogen) atoms. The molecule has 2 aromatic rings. The second-order valence-electron chi connectivity index (χ2n) is 6.06. The smallest absolute Gasteiger partial charge is 0.223 e. The third-order valence-electron chi connectivity index (χ3n) is 4.06. The van der Waals surface area contributed by atoms with Crippen molar-refractivity contribution in [3.63, 3.8) is 0 Å². The Morgan fingerprint density at radius 3 is 2.25 bits per heavy atom. The summed E-state index contributed by atoms with van der Waals surface area (Å²) in [7, 11) is -1.73. The van der Waals surface area contributed by atoms with Gasteiger partial charge in [0.1, 0.15) is 0 Å². The lowest BCUT2D eigenvalue weighted by atomic mass is 10.1. The zero-order valence-corrected chi connectivity index (χ0v) is 15.1. The minimum Gasteiger partial charge on any atom is -0.341 e. The van der Waals surface area contributed by atoms with Crippen LogP contribution in [0.4, 0.5) is 0 Å². The number of hydrogen-bond donors (Lipinski definition) is 0. The van der Waals surface area contributed by atoms with Gasteiger partial charge in [0.2, 0.25) is 5.91 Å². The van der Waals surface area contributed by atoms with Gasteiger partial charge in [-0.2, -0.15) is 0 Å². The van der Waals surface area contributed by atoms with Crippen molar-refractivity contribution in [1.29, 1.82) is 0 Å². The van der Waals surface area contributed by atoms with E-state index in [1.807, 2.05) is 38.1 Å². The SMILES string of the molecule is Cc1ccc(S(=O)(=O)CCC(=O)N(C)Cc2ccccc2C)cc1. The normalized spacial score (nSPS) is 11.3. The highest BCUT2D eigenvalue weighted by atomic mass is 32.2. The Kier molecular flexibility index (Phi) is 5.78. The largest absolute Gasteiger partial charge is 0.341 e. The number of nitrogens with zero attached hydrogens (tertiary/aromatic N) is 1. The molecule has 2 aromatic carbocycles. The van der Waals surface area contributed by atoms with Gasteiger partial charge in [-0.25, -0.2) is 8.42 Å². The van der Waals surface area contributed by atoms with E-state index in [0.717, 1.165) is 16.7 Å². The summed E-state index contributed by atoms with van der Waals surface area (Å²) >= 11 is 0. The molecule has 0 aromatic heterocycles. The predicted octanol–water partition coefficient (Wildman–Crippen LogP) is 3.13. The number of carbonyl (C=O) groups excluding carboxylic acids is 1. The summed E-state index contributed by atoms with van der Waals surface area (Å²) in [6.07, 6.45) is -0.0153. The molecule has 0 aliphatic carbocycles. The fraction of sp³-hybridized carbons (Fsp3) is 0.316. The highest BCUT2D eigenvalue weighted by molar-refractivity contribution is 7.91. The van der Waals surface area contributed by atoms with E-state index >= 15 is 0 Å². The van der Waals surface area contributed by atoms with Crippen molar-refractivity contribution in [3.8, 4) is 0 Å². The van der Waals surface area contributed by atoms with Crippen LogP contribution >= 0.6 is 0 Å². The van der Waals surface area contributed by atoms with Crippen LogP contribution in [0.15, 0.2) is 53.4 Å². The molecule has 0 aliphatic heterocycles. The topological polar surface area (TPSA) is 54.5 Å². The van der Waals surface area contributed by atoms with Crippen LogP contribution in [-0.2, 0) is 21.2 Å². The monoisotopic (exact) mass is 345 g/mol. The standard InChI is InChI=1S/C19H23NO3S/c1-15-8-10-18(11-9-15)24(22,23)13-12-19(21)20(3)14-17-7-5-4-6-16(17)2/h4-11H,12-14H2,1-3H3. The van der Waals surface area contributed by atoms with E-state index in [-0.39, 0.29) is 23.0 Å². The average molecular weight is 345 g/mol. The number of sulfone groups is 1. The van der Waals surface area contributed by atoms with Crippen molar-refractivity contribution < 1.29 is 13.2 Å². The lowest BCUT2D eigenvalue weighted by Crippen LogP contribution is -2.28. The summed E-state index contributed by atoms with van der Waals surface area (Å²) < 4.78 is 24.6. The first-order valence-corrected chi connectivity index (χ1v) is 9.53. The van der Waals surface area contributed by atoms with E-state index in [1.54, 1.807) is 36.2 Å². The molecular formula is C19H23NO3S. The first-order chi connectivity index (χ1) is 11.3. The van der Waals surface area contributed by atoms with E-state index < -0.39 is 9.84 Å². The fourth-order valence-corrected chi connectivity index (χ4v) is 3.64. The lowest BCUT2D eigenvalue weighted by molar-refractivity contribution is -0.130. The summed E-state index contributed by atoms with van der Waals surface area (Å²) in [6, 6.07) is 14.6. The summed E-state index contributed by atoms with van der Waals surface area (Å²) in [5, 5.41) is 0. The molecule has 0 atom stereocenters. The van der Waals surface area contributed by atoms with Crippen LogP contribution in [0.25, 0.3) is 0 Å². The third-order valence-corrected chi connectivity index (χ3v) is 5.79. The number of hydrogen-bond acceptors (Lipinski definition) is 3. The van der Waals surface area contributed by atoms with Crippen LogP contribution in [0.3, 0.4) is 0 Å². The second-order valence-corrected chi connectivity index (χ2v) is 8.17. The number of amides is 1. The molecule has 0 bridgehead atoms. The van der Waals surface area contributed by atoms with E-state index in [4.69, 9.17) is 0 Å². The van der Waals surface area contributed by atoms with Crippen molar-refractivity contribution in [2.45, 2.75) is 31.7 Å². The molecule has 0 saturated carbocycles. The van der Waals surface area contributed by atoms with Gasteiger partial charge in [0, 0.05) is 20.0 Å². The molecule has 0 fully saturated rings. The Hall–Kier alpha value is -2.14. The minimum absolute atomic E-state index is 0.0153. The molecule has 0 spiro atoms. The molecule has 0 N–H and O–H groups in total. The Morgan fingerprint density at radius 2 is 1.62 bits per heavy atom. The zero-order chi connectivity index (χ0) is 17.7. The minimum atomic E-state index is -3.43. The molecular weight excluding hydrogens is 322 g/mol. The third kappa shape index (κ3) is 4.68. The van der Waals surface area contributed by atoms with Crippen LogP contribution in [0, 0.1) is 13.8 Å². The summed E-state index contributed by atoms with van der Waals surface area (Å²) in [5.74, 6) is -0.346. The van der Waals surface area contributed by atoms with Gasteiger partial charge in [0.15, 0.2) is 9.84 Å². The summed E-state index contributed by atoms with van der Waals surface area (Å²) in [4.78, 5) is 14.1. The zero-order valence-electron chi connectivity index (χ0n) is 14.3. The van der Waals surface area contributed by atoms with Crippen molar-refractivity contribution in [2.75, 3.05) is 12.8 Å². The Labute approximate surface area is 144 Å². The highest BCUT2D eigenvalue weighted by Gasteiger charge is 2.18. The maximum absolute atomic E-state index is 12.3. The van der Waals surface area contributed by atoms with Crippen molar-refractivity contribution in [2.24, 2.45) is 0 Å². The quantitative estimate of drug-likeness (QED) is 0.808. The van der Waals surface area contributed by atoms with Crippen LogP contribution in [0.2, 0.25) is 0 Å². The lowest BCUT2D eigenvalue weighted by Gasteiger charge is -2.18. The fourth-order valence-electron chi connectivity index (χ4n) is 2.41. The molecule has 0 radical (unpaired) electrons. The molecule has 1 amide bonds.